The van der Waals surface area contributed by atoms with Gasteiger partial charge in [0.15, 0.2) is 17.5 Å². The van der Waals surface area contributed by atoms with Crippen molar-refractivity contribution < 1.29 is 18.0 Å². The van der Waals surface area contributed by atoms with Gasteiger partial charge in [0, 0.05) is 12.6 Å². The Morgan fingerprint density at radius 2 is 2.00 bits per heavy atom. The molecule has 4 nitrogen and oxygen atoms in total. The molecule has 0 aliphatic carbocycles. The van der Waals surface area contributed by atoms with Gasteiger partial charge in [-0.1, -0.05) is 6.92 Å². The standard InChI is InChI=1S/C19H20F3N3O/c1-2-13-5-3-4-10-25(13)19(26)16-8-6-12(11-23-16)24-15-9-7-14(20)17(21)18(15)22/h6-9,11,13,24H,2-5,10H2,1H3. The lowest BCUT2D eigenvalue weighted by Crippen LogP contribution is -2.43. The van der Waals surface area contributed by atoms with E-state index in [1.807, 2.05) is 4.90 Å². The Balaban J connectivity index is 1.74. The van der Waals surface area contributed by atoms with Crippen LogP contribution >= 0.6 is 0 Å². The molecule has 1 atom stereocenters. The molecular weight excluding hydrogens is 343 g/mol. The van der Waals surface area contributed by atoms with Crippen molar-refractivity contribution in [3.05, 3.63) is 53.6 Å². The van der Waals surface area contributed by atoms with Crippen molar-refractivity contribution in [2.75, 3.05) is 11.9 Å². The Labute approximate surface area is 150 Å². The summed E-state index contributed by atoms with van der Waals surface area (Å²) >= 11 is 0. The lowest BCUT2D eigenvalue weighted by Gasteiger charge is -2.35. The Bertz CT molecular complexity index is 795. The van der Waals surface area contributed by atoms with Crippen molar-refractivity contribution in [1.29, 1.82) is 0 Å². The highest BCUT2D eigenvalue weighted by Crippen LogP contribution is 2.24. The van der Waals surface area contributed by atoms with Crippen molar-refractivity contribution in [2.45, 2.75) is 38.6 Å². The molecular formula is C19H20F3N3O. The smallest absolute Gasteiger partial charge is 0.272 e. The molecule has 1 aromatic carbocycles. The third kappa shape index (κ3) is 3.66. The number of hydrogen-bond donors (Lipinski definition) is 1. The molecule has 26 heavy (non-hydrogen) atoms. The second-order valence-electron chi connectivity index (χ2n) is 6.34. The van der Waals surface area contributed by atoms with E-state index in [2.05, 4.69) is 17.2 Å². The lowest BCUT2D eigenvalue weighted by atomic mass is 9.99. The number of piperidine rings is 1. The van der Waals surface area contributed by atoms with Crippen molar-refractivity contribution in [3.63, 3.8) is 0 Å². The fraction of sp³-hybridized carbons (Fsp3) is 0.368. The van der Waals surface area contributed by atoms with Gasteiger partial charge in [-0.05, 0) is 49.9 Å². The van der Waals surface area contributed by atoms with Gasteiger partial charge in [0.1, 0.15) is 5.69 Å². The molecule has 1 aliphatic heterocycles. The average molecular weight is 363 g/mol. The largest absolute Gasteiger partial charge is 0.352 e. The number of benzene rings is 1. The summed E-state index contributed by atoms with van der Waals surface area (Å²) in [7, 11) is 0. The Morgan fingerprint density at radius 3 is 2.69 bits per heavy atom. The summed E-state index contributed by atoms with van der Waals surface area (Å²) < 4.78 is 40.0. The highest BCUT2D eigenvalue weighted by Gasteiger charge is 2.26. The van der Waals surface area contributed by atoms with E-state index >= 15 is 0 Å². The highest BCUT2D eigenvalue weighted by molar-refractivity contribution is 5.92. The summed E-state index contributed by atoms with van der Waals surface area (Å²) in [5.74, 6) is -4.21. The topological polar surface area (TPSA) is 45.2 Å². The van der Waals surface area contributed by atoms with Gasteiger partial charge in [-0.3, -0.25) is 4.79 Å². The van der Waals surface area contributed by atoms with Crippen molar-refractivity contribution >= 4 is 17.3 Å². The number of nitrogens with one attached hydrogen (secondary N) is 1. The van der Waals surface area contributed by atoms with Crippen LogP contribution in [-0.4, -0.2) is 28.4 Å². The molecule has 1 saturated heterocycles. The number of anilines is 2. The highest BCUT2D eigenvalue weighted by atomic mass is 19.2. The molecule has 2 heterocycles. The van der Waals surface area contributed by atoms with Crippen molar-refractivity contribution in [3.8, 4) is 0 Å². The Hall–Kier alpha value is -2.57. The van der Waals surface area contributed by atoms with Gasteiger partial charge in [0.25, 0.3) is 5.91 Å². The van der Waals surface area contributed by atoms with Crippen LogP contribution in [0.15, 0.2) is 30.5 Å². The molecule has 1 aromatic heterocycles. The second-order valence-corrected chi connectivity index (χ2v) is 6.34. The minimum Gasteiger partial charge on any atom is -0.352 e. The van der Waals surface area contributed by atoms with Crippen LogP contribution in [0.3, 0.4) is 0 Å². The molecule has 0 bridgehead atoms. The third-order valence-corrected chi connectivity index (χ3v) is 4.66. The summed E-state index contributed by atoms with van der Waals surface area (Å²) in [6.45, 7) is 2.78. The van der Waals surface area contributed by atoms with Crippen LogP contribution in [0.4, 0.5) is 24.5 Å². The number of rotatable bonds is 4. The third-order valence-electron chi connectivity index (χ3n) is 4.66. The normalized spacial score (nSPS) is 17.2. The number of hydrogen-bond acceptors (Lipinski definition) is 3. The first kappa shape index (κ1) is 18.2. The van der Waals surface area contributed by atoms with Gasteiger partial charge < -0.3 is 10.2 Å². The maximum Gasteiger partial charge on any atom is 0.272 e. The van der Waals surface area contributed by atoms with E-state index in [-0.39, 0.29) is 17.6 Å². The number of halogens is 3. The predicted octanol–water partition coefficient (Wildman–Crippen LogP) is 4.65. The van der Waals surface area contributed by atoms with Crippen LogP contribution < -0.4 is 5.32 Å². The Morgan fingerprint density at radius 1 is 1.19 bits per heavy atom. The van der Waals surface area contributed by atoms with Crippen molar-refractivity contribution in [2.24, 2.45) is 0 Å². The summed E-state index contributed by atoms with van der Waals surface area (Å²) in [6, 6.07) is 5.28. The maximum atomic E-state index is 13.7. The van der Waals surface area contributed by atoms with E-state index < -0.39 is 17.5 Å². The van der Waals surface area contributed by atoms with E-state index in [1.165, 1.54) is 6.20 Å². The van der Waals surface area contributed by atoms with Crippen LogP contribution in [0.2, 0.25) is 0 Å². The molecule has 7 heteroatoms. The van der Waals surface area contributed by atoms with E-state index in [9.17, 15) is 18.0 Å². The molecule has 138 valence electrons. The molecule has 1 fully saturated rings. The molecule has 0 saturated carbocycles. The molecule has 1 unspecified atom stereocenters. The molecule has 3 rings (SSSR count). The quantitative estimate of drug-likeness (QED) is 0.805. The Kier molecular flexibility index (Phi) is 5.44. The molecule has 2 aromatic rings. The molecule has 0 spiro atoms. The van der Waals surface area contributed by atoms with Gasteiger partial charge in [0.05, 0.1) is 17.6 Å². The second kappa shape index (κ2) is 7.76. The zero-order valence-electron chi connectivity index (χ0n) is 14.4. The zero-order chi connectivity index (χ0) is 18.7. The van der Waals surface area contributed by atoms with E-state index in [0.717, 1.165) is 44.4 Å². The number of amides is 1. The van der Waals surface area contributed by atoms with Gasteiger partial charge >= 0.3 is 0 Å². The van der Waals surface area contributed by atoms with Crippen LogP contribution in [-0.2, 0) is 0 Å². The van der Waals surface area contributed by atoms with Crippen molar-refractivity contribution in [1.82, 2.24) is 9.88 Å². The van der Waals surface area contributed by atoms with E-state index in [4.69, 9.17) is 0 Å². The fourth-order valence-electron chi connectivity index (χ4n) is 3.21. The first-order chi connectivity index (χ1) is 12.5. The van der Waals surface area contributed by atoms with Gasteiger partial charge in [0.2, 0.25) is 0 Å². The monoisotopic (exact) mass is 363 g/mol. The summed E-state index contributed by atoms with van der Waals surface area (Å²) in [5, 5.41) is 2.64. The molecule has 1 N–H and O–H groups in total. The van der Waals surface area contributed by atoms with Gasteiger partial charge in [-0.2, -0.15) is 0 Å². The summed E-state index contributed by atoms with van der Waals surface area (Å²) in [4.78, 5) is 18.7. The molecule has 1 amide bonds. The number of likely N-dealkylation sites (tertiary alicyclic amines) is 1. The minimum atomic E-state index is -1.54. The maximum absolute atomic E-state index is 13.7. The first-order valence-electron chi connectivity index (χ1n) is 8.68. The van der Waals surface area contributed by atoms with E-state index in [0.29, 0.717) is 11.4 Å². The van der Waals surface area contributed by atoms with Crippen LogP contribution in [0, 0.1) is 17.5 Å². The summed E-state index contributed by atoms with van der Waals surface area (Å²) in [5.41, 5.74) is 0.477. The van der Waals surface area contributed by atoms with Crippen LogP contribution in [0.25, 0.3) is 0 Å². The first-order valence-corrected chi connectivity index (χ1v) is 8.68. The number of carbonyl (C=O) groups is 1. The fourth-order valence-corrected chi connectivity index (χ4v) is 3.21. The number of nitrogens with zero attached hydrogens (tertiary/aromatic N) is 2. The molecule has 0 radical (unpaired) electrons. The number of aromatic nitrogens is 1. The molecule has 1 aliphatic rings. The van der Waals surface area contributed by atoms with Gasteiger partial charge in [-0.25, -0.2) is 18.2 Å². The SMILES string of the molecule is CCC1CCCCN1C(=O)c1ccc(Nc2ccc(F)c(F)c2F)cn1. The van der Waals surface area contributed by atoms with Crippen LogP contribution in [0.1, 0.15) is 43.1 Å². The number of pyridine rings is 1. The lowest BCUT2D eigenvalue weighted by molar-refractivity contribution is 0.0602. The van der Waals surface area contributed by atoms with E-state index in [1.54, 1.807) is 12.1 Å². The predicted molar refractivity (Wildman–Crippen MR) is 92.8 cm³/mol. The average Bonchev–Trinajstić information content (AvgIpc) is 2.68. The summed E-state index contributed by atoms with van der Waals surface area (Å²) in [6.07, 6.45) is 5.38. The number of carbonyl (C=O) groups excluding carboxylic acids is 1. The van der Waals surface area contributed by atoms with Crippen LogP contribution in [0.5, 0.6) is 0 Å². The zero-order valence-corrected chi connectivity index (χ0v) is 14.4. The minimum absolute atomic E-state index is 0.123. The van der Waals surface area contributed by atoms with Gasteiger partial charge in [-0.15, -0.1) is 0 Å².